The number of rotatable bonds is 2. The topological polar surface area (TPSA) is 71.8 Å². The highest BCUT2D eigenvalue weighted by Crippen LogP contribution is 2.31. The van der Waals surface area contributed by atoms with Gasteiger partial charge in [0.05, 0.1) is 6.04 Å². The number of amides is 1. The third kappa shape index (κ3) is 3.21. The van der Waals surface area contributed by atoms with E-state index in [1.807, 2.05) is 43.7 Å². The normalized spacial score (nSPS) is 20.5. The number of fused-ring (bicyclic) bond motifs is 1. The number of aromatic nitrogens is 3. The van der Waals surface area contributed by atoms with E-state index in [0.29, 0.717) is 17.9 Å². The summed E-state index contributed by atoms with van der Waals surface area (Å²) in [6.07, 6.45) is 0.924. The van der Waals surface area contributed by atoms with Crippen molar-refractivity contribution in [2.45, 2.75) is 46.2 Å². The first-order valence-corrected chi connectivity index (χ1v) is 7.94. The Bertz CT molecular complexity index is 702. The zero-order chi connectivity index (χ0) is 16.6. The maximum atomic E-state index is 12.1. The molecule has 0 saturated carbocycles. The largest absolute Gasteiger partial charge is 0.352 e. The standard InChI is InChI=1S/C17H23N5O/c1-11-10-13(12-8-6-5-7-9-12)22-16(18-11)20-15(21-22)19-14(23)17(2,3)4/h5-9,11,13H,10H2,1-4H3,(H2,18,19,20,21,23)/t11-,13+/m0/s1. The fraction of sp³-hybridized carbons (Fsp3) is 0.471. The summed E-state index contributed by atoms with van der Waals surface area (Å²) in [6, 6.07) is 10.7. The molecule has 1 aliphatic rings. The van der Waals surface area contributed by atoms with Crippen molar-refractivity contribution in [3.63, 3.8) is 0 Å². The van der Waals surface area contributed by atoms with E-state index in [2.05, 4.69) is 39.8 Å². The molecule has 1 amide bonds. The van der Waals surface area contributed by atoms with Gasteiger partial charge in [-0.15, -0.1) is 5.10 Å². The highest BCUT2D eigenvalue weighted by Gasteiger charge is 2.29. The molecule has 0 saturated heterocycles. The molecular weight excluding hydrogens is 290 g/mol. The SMILES string of the molecule is C[C@H]1C[C@H](c2ccccc2)n2nc(NC(=O)C(C)(C)C)nc2N1. The Balaban J connectivity index is 1.91. The molecule has 2 heterocycles. The number of hydrogen-bond donors (Lipinski definition) is 2. The Morgan fingerprint density at radius 1 is 1.30 bits per heavy atom. The molecule has 122 valence electrons. The van der Waals surface area contributed by atoms with Gasteiger partial charge in [-0.05, 0) is 18.9 Å². The van der Waals surface area contributed by atoms with Crippen LogP contribution in [-0.2, 0) is 4.79 Å². The molecule has 0 bridgehead atoms. The molecule has 1 aromatic carbocycles. The number of anilines is 2. The summed E-state index contributed by atoms with van der Waals surface area (Å²) < 4.78 is 1.87. The van der Waals surface area contributed by atoms with Crippen LogP contribution in [0.3, 0.4) is 0 Å². The molecule has 2 N–H and O–H groups in total. The van der Waals surface area contributed by atoms with E-state index in [4.69, 9.17) is 0 Å². The van der Waals surface area contributed by atoms with Gasteiger partial charge in [-0.25, -0.2) is 4.68 Å². The molecule has 6 heteroatoms. The van der Waals surface area contributed by atoms with Gasteiger partial charge < -0.3 is 5.32 Å². The summed E-state index contributed by atoms with van der Waals surface area (Å²) >= 11 is 0. The molecule has 2 atom stereocenters. The minimum absolute atomic E-state index is 0.0928. The van der Waals surface area contributed by atoms with Crippen LogP contribution in [0.1, 0.15) is 45.7 Å². The molecular formula is C17H23N5O. The van der Waals surface area contributed by atoms with Gasteiger partial charge in [0.2, 0.25) is 11.9 Å². The quantitative estimate of drug-likeness (QED) is 0.894. The Morgan fingerprint density at radius 3 is 2.65 bits per heavy atom. The van der Waals surface area contributed by atoms with Crippen molar-refractivity contribution in [3.8, 4) is 0 Å². The number of hydrogen-bond acceptors (Lipinski definition) is 4. The first-order valence-electron chi connectivity index (χ1n) is 7.94. The molecule has 2 aromatic rings. The van der Waals surface area contributed by atoms with Gasteiger partial charge >= 0.3 is 0 Å². The Kier molecular flexibility index (Phi) is 3.83. The van der Waals surface area contributed by atoms with Crippen LogP contribution in [0.4, 0.5) is 11.9 Å². The first-order chi connectivity index (χ1) is 10.8. The van der Waals surface area contributed by atoms with Gasteiger partial charge in [0.15, 0.2) is 0 Å². The van der Waals surface area contributed by atoms with Crippen LogP contribution in [0, 0.1) is 5.41 Å². The second kappa shape index (κ2) is 5.68. The second-order valence-electron chi connectivity index (χ2n) is 7.12. The number of carbonyl (C=O) groups excluding carboxylic acids is 1. The van der Waals surface area contributed by atoms with Crippen molar-refractivity contribution in [2.75, 3.05) is 10.6 Å². The number of nitrogens with one attached hydrogen (secondary N) is 2. The molecule has 0 radical (unpaired) electrons. The Morgan fingerprint density at radius 2 is 2.00 bits per heavy atom. The van der Waals surface area contributed by atoms with Crippen LogP contribution in [0.15, 0.2) is 30.3 Å². The fourth-order valence-electron chi connectivity index (χ4n) is 2.65. The lowest BCUT2D eigenvalue weighted by Crippen LogP contribution is -2.31. The summed E-state index contributed by atoms with van der Waals surface area (Å²) in [5.74, 6) is 0.953. The lowest BCUT2D eigenvalue weighted by Gasteiger charge is -2.29. The smallest absolute Gasteiger partial charge is 0.250 e. The molecule has 0 fully saturated rings. The number of benzene rings is 1. The lowest BCUT2D eigenvalue weighted by molar-refractivity contribution is -0.123. The van der Waals surface area contributed by atoms with Crippen molar-refractivity contribution in [1.82, 2.24) is 14.8 Å². The molecule has 0 spiro atoms. The first kappa shape index (κ1) is 15.5. The second-order valence-corrected chi connectivity index (χ2v) is 7.12. The van der Waals surface area contributed by atoms with E-state index in [1.165, 1.54) is 5.56 Å². The van der Waals surface area contributed by atoms with E-state index in [1.54, 1.807) is 0 Å². The number of carbonyl (C=O) groups is 1. The maximum absolute atomic E-state index is 12.1. The fourth-order valence-corrected chi connectivity index (χ4v) is 2.65. The summed E-state index contributed by atoms with van der Waals surface area (Å²) in [7, 11) is 0. The van der Waals surface area contributed by atoms with Gasteiger partial charge in [-0.2, -0.15) is 4.98 Å². The highest BCUT2D eigenvalue weighted by atomic mass is 16.2. The monoisotopic (exact) mass is 313 g/mol. The lowest BCUT2D eigenvalue weighted by atomic mass is 9.96. The van der Waals surface area contributed by atoms with Crippen molar-refractivity contribution in [1.29, 1.82) is 0 Å². The third-order valence-electron chi connectivity index (χ3n) is 3.97. The van der Waals surface area contributed by atoms with Crippen LogP contribution in [-0.4, -0.2) is 26.7 Å². The average molecular weight is 313 g/mol. The minimum atomic E-state index is -0.481. The molecule has 23 heavy (non-hydrogen) atoms. The van der Waals surface area contributed by atoms with Gasteiger partial charge in [0, 0.05) is 11.5 Å². The van der Waals surface area contributed by atoms with Crippen LogP contribution in [0.2, 0.25) is 0 Å². The minimum Gasteiger partial charge on any atom is -0.352 e. The van der Waals surface area contributed by atoms with E-state index in [0.717, 1.165) is 6.42 Å². The highest BCUT2D eigenvalue weighted by molar-refractivity contribution is 5.93. The van der Waals surface area contributed by atoms with Crippen molar-refractivity contribution in [2.24, 2.45) is 5.41 Å². The van der Waals surface area contributed by atoms with Gasteiger partial charge in [0.25, 0.3) is 5.95 Å². The molecule has 0 aliphatic carbocycles. The third-order valence-corrected chi connectivity index (χ3v) is 3.97. The summed E-state index contributed by atoms with van der Waals surface area (Å²) in [5.41, 5.74) is 0.714. The predicted molar refractivity (Wildman–Crippen MR) is 90.4 cm³/mol. The van der Waals surface area contributed by atoms with Gasteiger partial charge in [0.1, 0.15) is 0 Å². The molecule has 3 rings (SSSR count). The molecule has 1 aliphatic heterocycles. The van der Waals surface area contributed by atoms with Crippen molar-refractivity contribution >= 4 is 17.8 Å². The molecule has 6 nitrogen and oxygen atoms in total. The van der Waals surface area contributed by atoms with Gasteiger partial charge in [-0.3, -0.25) is 10.1 Å². The molecule has 0 unspecified atom stereocenters. The van der Waals surface area contributed by atoms with E-state index in [-0.39, 0.29) is 11.9 Å². The zero-order valence-electron chi connectivity index (χ0n) is 14.0. The van der Waals surface area contributed by atoms with Gasteiger partial charge in [-0.1, -0.05) is 51.1 Å². The van der Waals surface area contributed by atoms with Crippen LogP contribution < -0.4 is 10.6 Å². The van der Waals surface area contributed by atoms with E-state index >= 15 is 0 Å². The summed E-state index contributed by atoms with van der Waals surface area (Å²) in [4.78, 5) is 16.6. The Hall–Kier alpha value is -2.37. The van der Waals surface area contributed by atoms with Crippen molar-refractivity contribution < 1.29 is 4.79 Å². The van der Waals surface area contributed by atoms with Crippen molar-refractivity contribution in [3.05, 3.63) is 35.9 Å². The Labute approximate surface area is 136 Å². The van der Waals surface area contributed by atoms with E-state index in [9.17, 15) is 4.79 Å². The summed E-state index contributed by atoms with van der Waals surface area (Å²) in [6.45, 7) is 7.73. The zero-order valence-corrected chi connectivity index (χ0v) is 14.0. The number of nitrogens with zero attached hydrogens (tertiary/aromatic N) is 3. The van der Waals surface area contributed by atoms with Crippen LogP contribution in [0.25, 0.3) is 0 Å². The van der Waals surface area contributed by atoms with E-state index < -0.39 is 5.41 Å². The maximum Gasteiger partial charge on any atom is 0.250 e. The summed E-state index contributed by atoms with van der Waals surface area (Å²) in [5, 5.41) is 10.6. The average Bonchev–Trinajstić information content (AvgIpc) is 2.88. The van der Waals surface area contributed by atoms with Crippen LogP contribution >= 0.6 is 0 Å². The van der Waals surface area contributed by atoms with Crippen LogP contribution in [0.5, 0.6) is 0 Å². The predicted octanol–water partition coefficient (Wildman–Crippen LogP) is 3.06. The molecule has 1 aromatic heterocycles.